The summed E-state index contributed by atoms with van der Waals surface area (Å²) in [6.07, 6.45) is 7.68. The van der Waals surface area contributed by atoms with Gasteiger partial charge in [0, 0.05) is 18.8 Å². The smallest absolute Gasteiger partial charge is 0.0226 e. The van der Waals surface area contributed by atoms with Gasteiger partial charge in [-0.15, -0.1) is 0 Å². The summed E-state index contributed by atoms with van der Waals surface area (Å²) >= 11 is 0. The molecule has 1 nitrogen and oxygen atoms in total. The molecule has 0 N–H and O–H groups in total. The van der Waals surface area contributed by atoms with Crippen LogP contribution in [0.25, 0.3) is 0 Å². The van der Waals surface area contributed by atoms with Crippen molar-refractivity contribution in [3.63, 3.8) is 0 Å². The molecule has 0 spiro atoms. The number of nitrogens with zero attached hydrogens (tertiary/aromatic N) is 1. The zero-order chi connectivity index (χ0) is 14.7. The first-order valence-corrected chi connectivity index (χ1v) is 8.07. The molecule has 1 aliphatic rings. The molecule has 0 heterocycles. The zero-order valence-electron chi connectivity index (χ0n) is 14.3. The Balaban J connectivity index is 2.66. The molecule has 1 rings (SSSR count). The predicted octanol–water partition coefficient (Wildman–Crippen LogP) is 5.47. The van der Waals surface area contributed by atoms with Gasteiger partial charge in [0.05, 0.1) is 0 Å². The normalized spacial score (nSPS) is 21.2. The summed E-state index contributed by atoms with van der Waals surface area (Å²) < 4.78 is 0. The van der Waals surface area contributed by atoms with E-state index in [4.69, 9.17) is 0 Å². The molecule has 1 heteroatoms. The van der Waals surface area contributed by atoms with Gasteiger partial charge in [-0.1, -0.05) is 47.6 Å². The fourth-order valence-corrected chi connectivity index (χ4v) is 3.66. The van der Waals surface area contributed by atoms with Crippen LogP contribution in [0.1, 0.15) is 74.1 Å². The minimum absolute atomic E-state index is 0.387. The molecule has 19 heavy (non-hydrogen) atoms. The second-order valence-electron chi connectivity index (χ2n) is 8.49. The van der Waals surface area contributed by atoms with E-state index in [2.05, 4.69) is 59.4 Å². The van der Waals surface area contributed by atoms with Crippen molar-refractivity contribution in [1.29, 1.82) is 0 Å². The lowest BCUT2D eigenvalue weighted by Crippen LogP contribution is -2.36. The van der Waals surface area contributed by atoms with Crippen LogP contribution in [0.4, 0.5) is 0 Å². The van der Waals surface area contributed by atoms with Crippen LogP contribution in [-0.4, -0.2) is 18.0 Å². The summed E-state index contributed by atoms with van der Waals surface area (Å²) in [5.74, 6) is 0.880. The predicted molar refractivity (Wildman–Crippen MR) is 86.2 cm³/mol. The molecule has 1 unspecified atom stereocenters. The average Bonchev–Trinajstić information content (AvgIpc) is 2.24. The SMILES string of the molecule is CCN(CC(C)(C)CC(C)(C)C)C1=CCC(C)CC1. The molecule has 0 aromatic rings. The molecular weight excluding hydrogens is 230 g/mol. The Bertz CT molecular complexity index is 306. The van der Waals surface area contributed by atoms with Crippen molar-refractivity contribution in [2.24, 2.45) is 16.7 Å². The second kappa shape index (κ2) is 6.33. The maximum Gasteiger partial charge on any atom is 0.0226 e. The molecule has 0 aromatic heterocycles. The van der Waals surface area contributed by atoms with Crippen molar-refractivity contribution in [3.8, 4) is 0 Å². The van der Waals surface area contributed by atoms with E-state index in [-0.39, 0.29) is 0 Å². The van der Waals surface area contributed by atoms with E-state index < -0.39 is 0 Å². The van der Waals surface area contributed by atoms with E-state index in [1.807, 2.05) is 0 Å². The van der Waals surface area contributed by atoms with Crippen LogP contribution in [0.15, 0.2) is 11.8 Å². The van der Waals surface area contributed by atoms with Crippen LogP contribution in [-0.2, 0) is 0 Å². The minimum atomic E-state index is 0.387. The topological polar surface area (TPSA) is 3.24 Å². The fraction of sp³-hybridized carbons (Fsp3) is 0.889. The van der Waals surface area contributed by atoms with Gasteiger partial charge in [-0.2, -0.15) is 0 Å². The second-order valence-corrected chi connectivity index (χ2v) is 8.49. The fourth-order valence-electron chi connectivity index (χ4n) is 3.66. The maximum absolute atomic E-state index is 2.62. The maximum atomic E-state index is 2.62. The first-order chi connectivity index (χ1) is 8.63. The molecule has 1 atom stereocenters. The van der Waals surface area contributed by atoms with Crippen LogP contribution < -0.4 is 0 Å². The molecule has 0 radical (unpaired) electrons. The van der Waals surface area contributed by atoms with E-state index in [1.165, 1.54) is 32.2 Å². The zero-order valence-corrected chi connectivity index (χ0v) is 14.3. The van der Waals surface area contributed by atoms with E-state index in [0.717, 1.165) is 12.5 Å². The Morgan fingerprint density at radius 3 is 2.26 bits per heavy atom. The average molecular weight is 265 g/mol. The number of rotatable bonds is 5. The summed E-state index contributed by atoms with van der Waals surface area (Å²) in [5.41, 5.74) is 2.40. The third-order valence-corrected chi connectivity index (χ3v) is 4.06. The number of allylic oxidation sites excluding steroid dienone is 2. The van der Waals surface area contributed by atoms with Gasteiger partial charge >= 0.3 is 0 Å². The van der Waals surface area contributed by atoms with E-state index in [0.29, 0.717) is 10.8 Å². The van der Waals surface area contributed by atoms with Gasteiger partial charge in [-0.25, -0.2) is 0 Å². The monoisotopic (exact) mass is 265 g/mol. The summed E-state index contributed by atoms with van der Waals surface area (Å²) in [4.78, 5) is 2.62. The third kappa shape index (κ3) is 6.01. The third-order valence-electron chi connectivity index (χ3n) is 4.06. The standard InChI is InChI=1S/C18H35N/c1-8-19(16-11-9-15(2)10-12-16)14-18(6,7)13-17(3,4)5/h11,15H,8-10,12-14H2,1-7H3. The Labute approximate surface area is 121 Å². The first-order valence-electron chi connectivity index (χ1n) is 8.07. The molecule has 0 aromatic carbocycles. The van der Waals surface area contributed by atoms with Crippen molar-refractivity contribution in [1.82, 2.24) is 4.90 Å². The van der Waals surface area contributed by atoms with Crippen LogP contribution in [0.2, 0.25) is 0 Å². The highest BCUT2D eigenvalue weighted by Crippen LogP contribution is 2.35. The lowest BCUT2D eigenvalue weighted by Gasteiger charge is -2.39. The van der Waals surface area contributed by atoms with Crippen molar-refractivity contribution in [2.75, 3.05) is 13.1 Å². The van der Waals surface area contributed by atoms with Gasteiger partial charge in [0.1, 0.15) is 0 Å². The van der Waals surface area contributed by atoms with Gasteiger partial charge in [0.15, 0.2) is 0 Å². The van der Waals surface area contributed by atoms with E-state index in [1.54, 1.807) is 5.70 Å². The van der Waals surface area contributed by atoms with E-state index >= 15 is 0 Å². The Kier molecular flexibility index (Phi) is 5.53. The molecule has 0 saturated heterocycles. The van der Waals surface area contributed by atoms with Crippen molar-refractivity contribution in [2.45, 2.75) is 74.1 Å². The van der Waals surface area contributed by atoms with E-state index in [9.17, 15) is 0 Å². The Morgan fingerprint density at radius 2 is 1.84 bits per heavy atom. The Hall–Kier alpha value is -0.460. The van der Waals surface area contributed by atoms with Gasteiger partial charge in [-0.05, 0) is 49.4 Å². The van der Waals surface area contributed by atoms with Crippen LogP contribution in [0, 0.1) is 16.7 Å². The van der Waals surface area contributed by atoms with Crippen molar-refractivity contribution < 1.29 is 0 Å². The summed E-state index contributed by atoms with van der Waals surface area (Å²) in [5, 5.41) is 0. The summed E-state index contributed by atoms with van der Waals surface area (Å²) in [6.45, 7) is 18.9. The molecule has 0 bridgehead atoms. The highest BCUT2D eigenvalue weighted by Gasteiger charge is 2.28. The quantitative estimate of drug-likeness (QED) is 0.636. The molecule has 0 amide bonds. The molecule has 1 aliphatic carbocycles. The lowest BCUT2D eigenvalue weighted by atomic mass is 9.76. The van der Waals surface area contributed by atoms with Gasteiger partial charge in [-0.3, -0.25) is 0 Å². The van der Waals surface area contributed by atoms with Gasteiger partial charge in [0.25, 0.3) is 0 Å². The van der Waals surface area contributed by atoms with Gasteiger partial charge < -0.3 is 4.90 Å². The van der Waals surface area contributed by atoms with Gasteiger partial charge in [0.2, 0.25) is 0 Å². The van der Waals surface area contributed by atoms with Crippen LogP contribution >= 0.6 is 0 Å². The molecule has 0 aliphatic heterocycles. The lowest BCUT2D eigenvalue weighted by molar-refractivity contribution is 0.149. The number of hydrogen-bond acceptors (Lipinski definition) is 1. The number of hydrogen-bond donors (Lipinski definition) is 0. The Morgan fingerprint density at radius 1 is 1.21 bits per heavy atom. The summed E-state index contributed by atoms with van der Waals surface area (Å²) in [6, 6.07) is 0. The highest BCUT2D eigenvalue weighted by molar-refractivity contribution is 5.06. The minimum Gasteiger partial charge on any atom is -0.375 e. The largest absolute Gasteiger partial charge is 0.375 e. The van der Waals surface area contributed by atoms with Crippen molar-refractivity contribution in [3.05, 3.63) is 11.8 Å². The molecule has 0 fully saturated rings. The first kappa shape index (κ1) is 16.6. The van der Waals surface area contributed by atoms with Crippen LogP contribution in [0.3, 0.4) is 0 Å². The highest BCUT2D eigenvalue weighted by atomic mass is 15.1. The van der Waals surface area contributed by atoms with Crippen LogP contribution in [0.5, 0.6) is 0 Å². The summed E-state index contributed by atoms with van der Waals surface area (Å²) in [7, 11) is 0. The molecule has 112 valence electrons. The van der Waals surface area contributed by atoms with Crippen molar-refractivity contribution >= 4 is 0 Å². The molecule has 0 saturated carbocycles. The molecular formula is C18H35N.